The number of pyridine rings is 1. The second-order valence-electron chi connectivity index (χ2n) is 4.76. The van der Waals surface area contributed by atoms with Crippen LogP contribution in [0.5, 0.6) is 0 Å². The SMILES string of the molecule is Cc1cc(Br)cnc1N1CCNC(=O)C1(C)C. The summed E-state index contributed by atoms with van der Waals surface area (Å²) < 4.78 is 0.956. The molecule has 92 valence electrons. The van der Waals surface area contributed by atoms with Crippen LogP contribution in [0, 0.1) is 6.92 Å². The Balaban J connectivity index is 2.41. The monoisotopic (exact) mass is 297 g/mol. The van der Waals surface area contributed by atoms with Gasteiger partial charge in [0, 0.05) is 23.8 Å². The lowest BCUT2D eigenvalue weighted by atomic mass is 9.98. The van der Waals surface area contributed by atoms with Crippen LogP contribution < -0.4 is 10.2 Å². The molecule has 0 unspecified atom stereocenters. The van der Waals surface area contributed by atoms with Crippen molar-refractivity contribution < 1.29 is 4.79 Å². The predicted octanol–water partition coefficient (Wildman–Crippen LogP) is 1.87. The van der Waals surface area contributed by atoms with Gasteiger partial charge in [-0.1, -0.05) is 0 Å². The number of aryl methyl sites for hydroxylation is 1. The fourth-order valence-corrected chi connectivity index (χ4v) is 2.53. The summed E-state index contributed by atoms with van der Waals surface area (Å²) in [6.07, 6.45) is 1.77. The molecule has 1 fully saturated rings. The standard InChI is InChI=1S/C12H16BrN3O/c1-8-6-9(13)7-15-10(8)16-5-4-14-11(17)12(16,2)3/h6-7H,4-5H2,1-3H3,(H,14,17). The van der Waals surface area contributed by atoms with Crippen molar-refractivity contribution in [2.75, 3.05) is 18.0 Å². The van der Waals surface area contributed by atoms with E-state index in [2.05, 4.69) is 31.1 Å². The minimum Gasteiger partial charge on any atom is -0.352 e. The molecule has 1 aliphatic rings. The van der Waals surface area contributed by atoms with Gasteiger partial charge >= 0.3 is 0 Å². The summed E-state index contributed by atoms with van der Waals surface area (Å²) in [5.74, 6) is 0.931. The van der Waals surface area contributed by atoms with E-state index in [0.717, 1.165) is 22.4 Å². The molecule has 2 heterocycles. The number of aromatic nitrogens is 1. The van der Waals surface area contributed by atoms with E-state index in [0.29, 0.717) is 6.54 Å². The Kier molecular flexibility index (Phi) is 3.12. The first-order valence-electron chi connectivity index (χ1n) is 5.61. The van der Waals surface area contributed by atoms with E-state index in [4.69, 9.17) is 0 Å². The van der Waals surface area contributed by atoms with Crippen LogP contribution in [0.2, 0.25) is 0 Å². The van der Waals surface area contributed by atoms with Gasteiger partial charge in [0.15, 0.2) is 0 Å². The molecule has 0 aliphatic carbocycles. The minimum absolute atomic E-state index is 0.0490. The summed E-state index contributed by atoms with van der Waals surface area (Å²) in [7, 11) is 0. The molecule has 4 nitrogen and oxygen atoms in total. The molecule has 0 spiro atoms. The van der Waals surface area contributed by atoms with Crippen LogP contribution >= 0.6 is 15.9 Å². The fraction of sp³-hybridized carbons (Fsp3) is 0.500. The predicted molar refractivity (Wildman–Crippen MR) is 71.1 cm³/mol. The lowest BCUT2D eigenvalue weighted by molar-refractivity contribution is -0.126. The quantitative estimate of drug-likeness (QED) is 0.861. The van der Waals surface area contributed by atoms with Crippen molar-refractivity contribution in [1.29, 1.82) is 0 Å². The number of nitrogens with one attached hydrogen (secondary N) is 1. The lowest BCUT2D eigenvalue weighted by Gasteiger charge is -2.42. The number of nitrogens with zero attached hydrogens (tertiary/aromatic N) is 2. The topological polar surface area (TPSA) is 45.2 Å². The number of rotatable bonds is 1. The van der Waals surface area contributed by atoms with Gasteiger partial charge in [-0.3, -0.25) is 4.79 Å². The Hall–Kier alpha value is -1.10. The summed E-state index contributed by atoms with van der Waals surface area (Å²) >= 11 is 3.40. The zero-order valence-electron chi connectivity index (χ0n) is 10.2. The molecular formula is C12H16BrN3O. The summed E-state index contributed by atoms with van der Waals surface area (Å²) in [6.45, 7) is 7.30. The van der Waals surface area contributed by atoms with Gasteiger partial charge in [-0.15, -0.1) is 0 Å². The molecule has 2 rings (SSSR count). The van der Waals surface area contributed by atoms with Crippen molar-refractivity contribution in [3.05, 3.63) is 22.3 Å². The number of piperazine rings is 1. The number of hydrogen-bond donors (Lipinski definition) is 1. The van der Waals surface area contributed by atoms with Crippen LogP contribution in [-0.2, 0) is 4.79 Å². The van der Waals surface area contributed by atoms with Crippen LogP contribution in [0.3, 0.4) is 0 Å². The summed E-state index contributed by atoms with van der Waals surface area (Å²) in [5, 5.41) is 2.89. The number of hydrogen-bond acceptors (Lipinski definition) is 3. The van der Waals surface area contributed by atoms with Crippen molar-refractivity contribution in [3.63, 3.8) is 0 Å². The second kappa shape index (κ2) is 4.29. The van der Waals surface area contributed by atoms with Crippen LogP contribution in [0.1, 0.15) is 19.4 Å². The van der Waals surface area contributed by atoms with Crippen molar-refractivity contribution >= 4 is 27.7 Å². The van der Waals surface area contributed by atoms with E-state index in [1.54, 1.807) is 6.20 Å². The molecule has 5 heteroatoms. The smallest absolute Gasteiger partial charge is 0.245 e. The van der Waals surface area contributed by atoms with Crippen LogP contribution in [0.4, 0.5) is 5.82 Å². The van der Waals surface area contributed by atoms with Gasteiger partial charge in [0.05, 0.1) is 0 Å². The third kappa shape index (κ3) is 2.16. The molecule has 0 bridgehead atoms. The molecule has 1 aromatic heterocycles. The zero-order chi connectivity index (χ0) is 12.6. The maximum absolute atomic E-state index is 11.9. The average molecular weight is 298 g/mol. The molecule has 0 saturated carbocycles. The van der Waals surface area contributed by atoms with Crippen LogP contribution in [-0.4, -0.2) is 29.5 Å². The van der Waals surface area contributed by atoms with E-state index in [1.807, 2.05) is 26.8 Å². The lowest BCUT2D eigenvalue weighted by Crippen LogP contribution is -2.62. The molecule has 0 aromatic carbocycles. The van der Waals surface area contributed by atoms with Gasteiger partial charge in [-0.2, -0.15) is 0 Å². The van der Waals surface area contributed by atoms with Crippen molar-refractivity contribution in [1.82, 2.24) is 10.3 Å². The highest BCUT2D eigenvalue weighted by molar-refractivity contribution is 9.10. The number of anilines is 1. The maximum Gasteiger partial charge on any atom is 0.245 e. The first kappa shape index (κ1) is 12.4. The number of halogens is 1. The van der Waals surface area contributed by atoms with E-state index in [-0.39, 0.29) is 5.91 Å². The number of amides is 1. The molecule has 1 saturated heterocycles. The highest BCUT2D eigenvalue weighted by Gasteiger charge is 2.38. The van der Waals surface area contributed by atoms with E-state index < -0.39 is 5.54 Å². The van der Waals surface area contributed by atoms with Gasteiger partial charge in [0.1, 0.15) is 11.4 Å². The van der Waals surface area contributed by atoms with Crippen molar-refractivity contribution in [3.8, 4) is 0 Å². The molecule has 0 atom stereocenters. The highest BCUT2D eigenvalue weighted by Crippen LogP contribution is 2.28. The number of carbonyl (C=O) groups is 1. The Morgan fingerprint density at radius 2 is 2.24 bits per heavy atom. The summed E-state index contributed by atoms with van der Waals surface area (Å²) in [5.41, 5.74) is 0.520. The largest absolute Gasteiger partial charge is 0.352 e. The van der Waals surface area contributed by atoms with Gasteiger partial charge < -0.3 is 10.2 Å². The number of carbonyl (C=O) groups excluding carboxylic acids is 1. The molecule has 17 heavy (non-hydrogen) atoms. The molecule has 1 aromatic rings. The summed E-state index contributed by atoms with van der Waals surface area (Å²) in [6, 6.07) is 2.02. The molecular weight excluding hydrogens is 282 g/mol. The average Bonchev–Trinajstić information content (AvgIpc) is 2.23. The van der Waals surface area contributed by atoms with E-state index in [9.17, 15) is 4.79 Å². The van der Waals surface area contributed by atoms with Crippen molar-refractivity contribution in [2.24, 2.45) is 0 Å². The first-order chi connectivity index (χ1) is 7.93. The van der Waals surface area contributed by atoms with E-state index in [1.165, 1.54) is 0 Å². The Morgan fingerprint density at radius 1 is 1.53 bits per heavy atom. The maximum atomic E-state index is 11.9. The highest BCUT2D eigenvalue weighted by atomic mass is 79.9. The minimum atomic E-state index is -0.552. The third-order valence-electron chi connectivity index (χ3n) is 3.12. The summed E-state index contributed by atoms with van der Waals surface area (Å²) in [4.78, 5) is 18.4. The van der Waals surface area contributed by atoms with Gasteiger partial charge in [-0.25, -0.2) is 4.98 Å². The molecule has 1 N–H and O–H groups in total. The van der Waals surface area contributed by atoms with Crippen LogP contribution in [0.25, 0.3) is 0 Å². The van der Waals surface area contributed by atoms with Gasteiger partial charge in [0.2, 0.25) is 5.91 Å². The van der Waals surface area contributed by atoms with Crippen molar-refractivity contribution in [2.45, 2.75) is 26.3 Å². The first-order valence-corrected chi connectivity index (χ1v) is 6.40. The fourth-order valence-electron chi connectivity index (χ4n) is 2.09. The molecule has 1 aliphatic heterocycles. The van der Waals surface area contributed by atoms with Crippen LogP contribution in [0.15, 0.2) is 16.7 Å². The molecule has 1 amide bonds. The Morgan fingerprint density at radius 3 is 2.88 bits per heavy atom. The zero-order valence-corrected chi connectivity index (χ0v) is 11.8. The second-order valence-corrected chi connectivity index (χ2v) is 5.68. The third-order valence-corrected chi connectivity index (χ3v) is 3.56. The van der Waals surface area contributed by atoms with Gasteiger partial charge in [-0.05, 0) is 48.3 Å². The Bertz CT molecular complexity index is 459. The normalized spacial score (nSPS) is 19.1. The Labute approximate surface area is 110 Å². The van der Waals surface area contributed by atoms with Gasteiger partial charge in [0.25, 0.3) is 0 Å². The van der Waals surface area contributed by atoms with E-state index >= 15 is 0 Å². The molecule has 0 radical (unpaired) electrons.